The van der Waals surface area contributed by atoms with E-state index in [1.165, 1.54) is 0 Å². The van der Waals surface area contributed by atoms with E-state index >= 15 is 0 Å². The van der Waals surface area contributed by atoms with Gasteiger partial charge in [0.25, 0.3) is 0 Å². The van der Waals surface area contributed by atoms with Gasteiger partial charge in [-0.05, 0) is 67.3 Å². The minimum atomic E-state index is -2.27. The smallest absolute Gasteiger partial charge is 0.248 e. The third kappa shape index (κ3) is 12.1. The maximum absolute atomic E-state index is 14.2. The molecule has 1 fully saturated rings. The molecule has 17 nitrogen and oxygen atoms in total. The molecule has 1 aliphatic rings. The average molecular weight is 790 g/mol. The molecule has 55 heavy (non-hydrogen) atoms. The van der Waals surface area contributed by atoms with Gasteiger partial charge in [0.05, 0.1) is 0 Å². The molecule has 0 saturated carbocycles. The molecule has 0 radical (unpaired) electrons. The normalized spacial score (nSPS) is 24.9. The van der Waals surface area contributed by atoms with Crippen molar-refractivity contribution in [3.63, 3.8) is 0 Å². The first-order valence-corrected chi connectivity index (χ1v) is 19.0. The number of aliphatic hydroxyl groups excluding tert-OH is 1. The number of nitrogens with two attached hydrogens (primary N) is 2. The molecule has 3 rings (SSSR count). The summed E-state index contributed by atoms with van der Waals surface area (Å²) in [6, 6.07) is -3.26. The Kier molecular flexibility index (Phi) is 16.4. The van der Waals surface area contributed by atoms with Gasteiger partial charge >= 0.3 is 0 Å². The Morgan fingerprint density at radius 2 is 1.33 bits per heavy atom. The number of H-pyrrole nitrogens is 1. The summed E-state index contributed by atoms with van der Waals surface area (Å²) in [4.78, 5) is 99.0. The first-order chi connectivity index (χ1) is 25.9. The van der Waals surface area contributed by atoms with Gasteiger partial charge in [0.2, 0.25) is 41.4 Å². The first-order valence-electron chi connectivity index (χ1n) is 18.6. The molecule has 2 aromatic rings. The zero-order valence-corrected chi connectivity index (χ0v) is 32.9. The average Bonchev–Trinajstić information content (AvgIpc) is 3.52. The Hall–Kier alpha value is -4.74. The van der Waals surface area contributed by atoms with Gasteiger partial charge in [0, 0.05) is 28.5 Å². The molecule has 304 valence electrons. The molecule has 8 atom stereocenters. The number of primary amides is 1. The summed E-state index contributed by atoms with van der Waals surface area (Å²) >= 11 is 6.26. The first kappa shape index (κ1) is 44.7. The third-order valence-corrected chi connectivity index (χ3v) is 9.92. The highest BCUT2D eigenvalue weighted by molar-refractivity contribution is 6.31. The third-order valence-electron chi connectivity index (χ3n) is 9.68. The summed E-state index contributed by atoms with van der Waals surface area (Å²) < 4.78 is 0. The second-order valence-corrected chi connectivity index (χ2v) is 15.3. The van der Waals surface area contributed by atoms with Crippen LogP contribution in [-0.4, -0.2) is 100 Å². The highest BCUT2D eigenvalue weighted by atomic mass is 35.5. The number of hydrogen-bond donors (Lipinski definition) is 10. The summed E-state index contributed by atoms with van der Waals surface area (Å²) in [6.45, 7) is 10.8. The van der Waals surface area contributed by atoms with Crippen molar-refractivity contribution in [3.05, 3.63) is 35.0 Å². The van der Waals surface area contributed by atoms with Gasteiger partial charge in [0.1, 0.15) is 36.3 Å². The van der Waals surface area contributed by atoms with Crippen LogP contribution >= 0.6 is 11.6 Å². The summed E-state index contributed by atoms with van der Waals surface area (Å²) in [5, 5.41) is 27.6. The summed E-state index contributed by atoms with van der Waals surface area (Å²) in [6.07, 6.45) is 0.0242. The number of amides is 7. The van der Waals surface area contributed by atoms with Crippen LogP contribution in [0.25, 0.3) is 10.9 Å². The van der Waals surface area contributed by atoms with Crippen LogP contribution in [0.2, 0.25) is 5.02 Å². The molecular weight excluding hydrogens is 734 g/mol. The van der Waals surface area contributed by atoms with E-state index < -0.39 is 95.5 Å². The molecule has 1 saturated heterocycles. The van der Waals surface area contributed by atoms with E-state index in [0.29, 0.717) is 27.9 Å². The lowest BCUT2D eigenvalue weighted by molar-refractivity contribution is -0.141. The van der Waals surface area contributed by atoms with E-state index in [-0.39, 0.29) is 38.1 Å². The molecular formula is C37H56ClN9O8. The Morgan fingerprint density at radius 3 is 1.93 bits per heavy atom. The van der Waals surface area contributed by atoms with Crippen LogP contribution in [-0.2, 0) is 40.0 Å². The molecule has 0 aliphatic carbocycles. The van der Waals surface area contributed by atoms with Gasteiger partial charge in [-0.15, -0.1) is 0 Å². The fourth-order valence-electron chi connectivity index (χ4n) is 6.28. The van der Waals surface area contributed by atoms with Gasteiger partial charge in [0.15, 0.2) is 6.10 Å². The van der Waals surface area contributed by atoms with Crippen molar-refractivity contribution in [2.75, 3.05) is 6.54 Å². The topological polar surface area (TPSA) is 280 Å². The van der Waals surface area contributed by atoms with Crippen molar-refractivity contribution in [1.82, 2.24) is 36.9 Å². The number of halogens is 1. The molecule has 0 bridgehead atoms. The van der Waals surface area contributed by atoms with Crippen molar-refractivity contribution >= 4 is 63.9 Å². The maximum Gasteiger partial charge on any atom is 0.248 e. The number of benzene rings is 1. The minimum Gasteiger partial charge on any atom is -0.381 e. The quantitative estimate of drug-likeness (QED) is 0.134. The van der Waals surface area contributed by atoms with Crippen LogP contribution in [0.3, 0.4) is 0 Å². The van der Waals surface area contributed by atoms with Gasteiger partial charge in [-0.2, -0.15) is 0 Å². The van der Waals surface area contributed by atoms with E-state index in [9.17, 15) is 38.7 Å². The van der Waals surface area contributed by atoms with E-state index in [0.717, 1.165) is 0 Å². The molecule has 0 unspecified atom stereocenters. The minimum absolute atomic E-state index is 0.0208. The van der Waals surface area contributed by atoms with Crippen molar-refractivity contribution in [2.45, 2.75) is 116 Å². The zero-order valence-electron chi connectivity index (χ0n) is 32.2. The monoisotopic (exact) mass is 789 g/mol. The number of nitrogens with one attached hydrogen (secondary N) is 7. The van der Waals surface area contributed by atoms with E-state index in [1.807, 2.05) is 20.8 Å². The zero-order chi connectivity index (χ0) is 41.1. The lowest BCUT2D eigenvalue weighted by Crippen LogP contribution is -2.65. The van der Waals surface area contributed by atoms with E-state index in [1.54, 1.807) is 45.2 Å². The molecule has 1 aliphatic heterocycles. The largest absolute Gasteiger partial charge is 0.381 e. The molecule has 12 N–H and O–H groups in total. The van der Waals surface area contributed by atoms with Crippen LogP contribution in [0.1, 0.15) is 72.8 Å². The van der Waals surface area contributed by atoms with Crippen LogP contribution in [0.4, 0.5) is 0 Å². The molecule has 7 amide bonds. The van der Waals surface area contributed by atoms with Crippen molar-refractivity contribution < 1.29 is 38.7 Å². The van der Waals surface area contributed by atoms with Crippen LogP contribution in [0, 0.1) is 17.8 Å². The summed E-state index contributed by atoms with van der Waals surface area (Å²) in [5.74, 6) is -7.39. The lowest BCUT2D eigenvalue weighted by Gasteiger charge is -2.32. The van der Waals surface area contributed by atoms with Crippen LogP contribution in [0.5, 0.6) is 0 Å². The highest BCUT2D eigenvalue weighted by Crippen LogP contribution is 2.24. The number of fused-ring (bicyclic) bond motifs is 1. The fourth-order valence-corrected chi connectivity index (χ4v) is 6.45. The second kappa shape index (κ2) is 20.3. The molecule has 18 heteroatoms. The van der Waals surface area contributed by atoms with Gasteiger partial charge in [-0.25, -0.2) is 0 Å². The Morgan fingerprint density at radius 1 is 0.782 bits per heavy atom. The van der Waals surface area contributed by atoms with Gasteiger partial charge in [-0.3, -0.25) is 33.6 Å². The summed E-state index contributed by atoms with van der Waals surface area (Å²) in [5.41, 5.74) is 12.3. The Labute approximate surface area is 325 Å². The molecule has 0 spiro atoms. The molecule has 1 aromatic carbocycles. The number of aliphatic hydroxyl groups is 1. The van der Waals surface area contributed by atoms with Crippen molar-refractivity contribution in [2.24, 2.45) is 29.2 Å². The van der Waals surface area contributed by atoms with Gasteiger partial charge < -0.3 is 53.5 Å². The summed E-state index contributed by atoms with van der Waals surface area (Å²) in [7, 11) is 0. The Balaban J connectivity index is 2.19. The van der Waals surface area contributed by atoms with Crippen molar-refractivity contribution in [3.8, 4) is 0 Å². The number of aromatic nitrogens is 1. The SMILES string of the molecule is CC[C@@H](C)[C@@H]1NC(=O)[C@@H](CC(C)C)NC(=O)[C@@H](C(C)C)NC(=O)[C@H](Cc2c[nH]c3ccc(Cl)cc23)NC(=O)[C@@H]([C@@H](O)C(N)=O)NC(=O)[C@H](CCCN)NC1=O. The number of carbonyl (C=O) groups excluding carboxylic acids is 7. The predicted octanol–water partition coefficient (Wildman–Crippen LogP) is -0.380. The second-order valence-electron chi connectivity index (χ2n) is 14.9. The standard InChI is InChI=1S/C37H56ClN9O8/c1-7-19(6)28-36(54)42-24(9-8-12-39)32(50)47-29(30(48)31(40)49)37(55)44-26(14-20-16-41-23-11-10-21(38)15-22(20)23)34(52)45-27(18(4)5)35(53)43-25(13-17(2)3)33(51)46-28/h10-11,15-19,24-30,41,48H,7-9,12-14,39H2,1-6H3,(H2,40,49)(H,42,54)(H,43,53)(H,44,55)(H,45,52)(H,46,51)(H,47,50)/t19-,24+,25-,26+,27-,28+,29-,30-/m1/s1. The number of rotatable bonds is 12. The molecule has 2 heterocycles. The van der Waals surface area contributed by atoms with E-state index in [4.69, 9.17) is 23.1 Å². The maximum atomic E-state index is 14.2. The highest BCUT2D eigenvalue weighted by Gasteiger charge is 2.39. The van der Waals surface area contributed by atoms with Crippen LogP contribution < -0.4 is 43.4 Å². The number of hydrogen-bond acceptors (Lipinski definition) is 9. The Bertz CT molecular complexity index is 1720. The van der Waals surface area contributed by atoms with E-state index in [2.05, 4.69) is 36.9 Å². The predicted molar refractivity (Wildman–Crippen MR) is 206 cm³/mol. The fraction of sp³-hybridized carbons (Fsp3) is 0.595. The van der Waals surface area contributed by atoms with Crippen LogP contribution in [0.15, 0.2) is 24.4 Å². The number of carbonyl (C=O) groups is 7. The lowest BCUT2D eigenvalue weighted by atomic mass is 9.95. The number of aromatic amines is 1. The van der Waals surface area contributed by atoms with Crippen molar-refractivity contribution in [1.29, 1.82) is 0 Å². The van der Waals surface area contributed by atoms with Gasteiger partial charge in [-0.1, -0.05) is 59.6 Å². The molecule has 1 aromatic heterocycles.